The molecule has 7 heteroatoms. The van der Waals surface area contributed by atoms with Crippen LogP contribution in [0.2, 0.25) is 0 Å². The van der Waals surface area contributed by atoms with Crippen LogP contribution in [0.5, 0.6) is 11.5 Å². The quantitative estimate of drug-likeness (QED) is 0.678. The highest BCUT2D eigenvalue weighted by molar-refractivity contribution is 14.1. The maximum atomic E-state index is 12.8. The Morgan fingerprint density at radius 3 is 2.46 bits per heavy atom. The van der Waals surface area contributed by atoms with Crippen LogP contribution >= 0.6 is 22.6 Å². The molecular weight excluding hydrogens is 425 g/mol. The van der Waals surface area contributed by atoms with Crippen LogP contribution in [-0.4, -0.2) is 36.7 Å². The Bertz CT molecular complexity index is 648. The lowest BCUT2D eigenvalue weighted by atomic mass is 9.73. The number of carbonyl (C=O) groups excluding carboxylic acids is 1. The number of amides is 1. The van der Waals surface area contributed by atoms with Gasteiger partial charge in [0.25, 0.3) is 5.91 Å². The first kappa shape index (κ1) is 18.8. The van der Waals surface area contributed by atoms with Gasteiger partial charge in [0.05, 0.1) is 31.2 Å². The predicted molar refractivity (Wildman–Crippen MR) is 97.7 cm³/mol. The fraction of sp³-hybridized carbons (Fsp3) is 0.529. The maximum absolute atomic E-state index is 12.8. The summed E-state index contributed by atoms with van der Waals surface area (Å²) in [6.07, 6.45) is 3.01. The van der Waals surface area contributed by atoms with Gasteiger partial charge in [0.1, 0.15) is 0 Å². The van der Waals surface area contributed by atoms with Crippen molar-refractivity contribution in [2.75, 3.05) is 14.2 Å². The zero-order valence-electron chi connectivity index (χ0n) is 14.0. The van der Waals surface area contributed by atoms with E-state index in [1.807, 2.05) is 6.92 Å². The van der Waals surface area contributed by atoms with Gasteiger partial charge in [0.15, 0.2) is 11.5 Å². The monoisotopic (exact) mass is 447 g/mol. The Labute approximate surface area is 155 Å². The van der Waals surface area contributed by atoms with Gasteiger partial charge in [-0.25, -0.2) is 0 Å². The van der Waals surface area contributed by atoms with Crippen molar-refractivity contribution in [2.45, 2.75) is 38.1 Å². The molecule has 2 atom stereocenters. The van der Waals surface area contributed by atoms with E-state index in [0.717, 1.165) is 12.8 Å². The van der Waals surface area contributed by atoms with Gasteiger partial charge in [0, 0.05) is 3.57 Å². The lowest BCUT2D eigenvalue weighted by Gasteiger charge is -2.39. The highest BCUT2D eigenvalue weighted by Crippen LogP contribution is 2.35. The zero-order chi connectivity index (χ0) is 17.9. The highest BCUT2D eigenvalue weighted by atomic mass is 127. The van der Waals surface area contributed by atoms with Crippen LogP contribution in [0.15, 0.2) is 12.1 Å². The van der Waals surface area contributed by atoms with E-state index >= 15 is 0 Å². The van der Waals surface area contributed by atoms with E-state index in [1.165, 1.54) is 14.2 Å². The number of hydrogen-bond donors (Lipinski definition) is 2. The molecule has 0 radical (unpaired) electrons. The Morgan fingerprint density at radius 2 is 1.88 bits per heavy atom. The zero-order valence-corrected chi connectivity index (χ0v) is 16.2. The van der Waals surface area contributed by atoms with E-state index in [2.05, 4.69) is 27.9 Å². The molecule has 1 aliphatic carbocycles. The molecular formula is C17H22INO5. The Kier molecular flexibility index (Phi) is 5.95. The molecule has 1 aliphatic rings. The van der Waals surface area contributed by atoms with Gasteiger partial charge in [0.2, 0.25) is 0 Å². The van der Waals surface area contributed by atoms with E-state index in [-0.39, 0.29) is 5.91 Å². The summed E-state index contributed by atoms with van der Waals surface area (Å²) in [4.78, 5) is 24.3. The molecule has 1 aromatic rings. The summed E-state index contributed by atoms with van der Waals surface area (Å²) in [5, 5.41) is 12.4. The minimum atomic E-state index is -0.862. The number of rotatable bonds is 5. The van der Waals surface area contributed by atoms with Crippen LogP contribution in [0.4, 0.5) is 0 Å². The SMILES string of the molecule is COc1cc(I)c(C(=O)NC2(C)CCCCC2C(=O)O)cc1OC. The molecule has 1 aromatic carbocycles. The second-order valence-electron chi connectivity index (χ2n) is 6.20. The number of ether oxygens (including phenoxy) is 2. The summed E-state index contributed by atoms with van der Waals surface area (Å²) >= 11 is 2.06. The lowest BCUT2D eigenvalue weighted by Crippen LogP contribution is -2.55. The first-order valence-electron chi connectivity index (χ1n) is 7.79. The Hall–Kier alpha value is -1.51. The number of methoxy groups -OCH3 is 2. The van der Waals surface area contributed by atoms with E-state index in [0.29, 0.717) is 33.5 Å². The van der Waals surface area contributed by atoms with Crippen molar-refractivity contribution in [3.05, 3.63) is 21.3 Å². The van der Waals surface area contributed by atoms with Gasteiger partial charge < -0.3 is 19.9 Å². The van der Waals surface area contributed by atoms with Gasteiger partial charge in [-0.15, -0.1) is 0 Å². The molecule has 0 aliphatic heterocycles. The largest absolute Gasteiger partial charge is 0.493 e. The number of carboxylic acid groups (broad SMARTS) is 1. The first-order chi connectivity index (χ1) is 11.3. The van der Waals surface area contributed by atoms with Crippen LogP contribution in [0, 0.1) is 9.49 Å². The number of hydrogen-bond acceptors (Lipinski definition) is 4. The Morgan fingerprint density at radius 1 is 1.25 bits per heavy atom. The van der Waals surface area contributed by atoms with Crippen molar-refractivity contribution >= 4 is 34.5 Å². The van der Waals surface area contributed by atoms with Crippen LogP contribution in [0.3, 0.4) is 0 Å². The number of nitrogens with one attached hydrogen (secondary N) is 1. The highest BCUT2D eigenvalue weighted by Gasteiger charge is 2.42. The van der Waals surface area contributed by atoms with Crippen LogP contribution in [0.1, 0.15) is 43.0 Å². The summed E-state index contributed by atoms with van der Waals surface area (Å²) in [6, 6.07) is 3.35. The fourth-order valence-electron chi connectivity index (χ4n) is 3.23. The summed E-state index contributed by atoms with van der Waals surface area (Å²) in [5.41, 5.74) is -0.304. The maximum Gasteiger partial charge on any atom is 0.308 e. The van der Waals surface area contributed by atoms with Gasteiger partial charge in [-0.3, -0.25) is 9.59 Å². The number of aliphatic carboxylic acids is 1. The molecule has 1 fully saturated rings. The smallest absolute Gasteiger partial charge is 0.308 e. The predicted octanol–water partition coefficient (Wildman–Crippen LogP) is 3.07. The third-order valence-electron chi connectivity index (χ3n) is 4.62. The summed E-state index contributed by atoms with van der Waals surface area (Å²) in [6.45, 7) is 1.82. The second kappa shape index (κ2) is 7.58. The van der Waals surface area contributed by atoms with Crippen LogP contribution < -0.4 is 14.8 Å². The molecule has 0 spiro atoms. The third kappa shape index (κ3) is 3.76. The standard InChI is InChI=1S/C17H22INO5/c1-17(7-5-4-6-11(17)16(21)22)19-15(20)10-8-13(23-2)14(24-3)9-12(10)18/h8-9,11H,4-7H2,1-3H3,(H,19,20)(H,21,22). The topological polar surface area (TPSA) is 84.9 Å². The van der Waals surface area contributed by atoms with Gasteiger partial charge in [-0.2, -0.15) is 0 Å². The molecule has 24 heavy (non-hydrogen) atoms. The molecule has 2 unspecified atom stereocenters. The number of carbonyl (C=O) groups is 2. The molecule has 0 bridgehead atoms. The van der Waals surface area contributed by atoms with Crippen molar-refractivity contribution in [3.63, 3.8) is 0 Å². The van der Waals surface area contributed by atoms with E-state index < -0.39 is 17.4 Å². The van der Waals surface area contributed by atoms with Crippen molar-refractivity contribution in [2.24, 2.45) is 5.92 Å². The van der Waals surface area contributed by atoms with E-state index in [4.69, 9.17) is 9.47 Å². The molecule has 0 heterocycles. The number of carboxylic acids is 1. The average Bonchev–Trinajstić information content (AvgIpc) is 2.53. The third-order valence-corrected chi connectivity index (χ3v) is 5.52. The van der Waals surface area contributed by atoms with Crippen molar-refractivity contribution in [3.8, 4) is 11.5 Å². The average molecular weight is 447 g/mol. The molecule has 2 rings (SSSR count). The normalized spacial score (nSPS) is 23.4. The number of halogens is 1. The molecule has 1 amide bonds. The summed E-state index contributed by atoms with van der Waals surface area (Å²) < 4.78 is 11.2. The fourth-order valence-corrected chi connectivity index (χ4v) is 3.92. The minimum absolute atomic E-state index is 0.295. The van der Waals surface area contributed by atoms with Gasteiger partial charge >= 0.3 is 5.97 Å². The van der Waals surface area contributed by atoms with Crippen molar-refractivity contribution in [1.29, 1.82) is 0 Å². The van der Waals surface area contributed by atoms with Crippen LogP contribution in [0.25, 0.3) is 0 Å². The van der Waals surface area contributed by atoms with Gasteiger partial charge in [-0.05, 0) is 54.5 Å². The molecule has 2 N–H and O–H groups in total. The lowest BCUT2D eigenvalue weighted by molar-refractivity contribution is -0.145. The van der Waals surface area contributed by atoms with Crippen molar-refractivity contribution in [1.82, 2.24) is 5.32 Å². The van der Waals surface area contributed by atoms with Crippen LogP contribution in [-0.2, 0) is 4.79 Å². The van der Waals surface area contributed by atoms with E-state index in [9.17, 15) is 14.7 Å². The van der Waals surface area contributed by atoms with Crippen molar-refractivity contribution < 1.29 is 24.2 Å². The Balaban J connectivity index is 2.30. The number of benzene rings is 1. The molecule has 6 nitrogen and oxygen atoms in total. The summed E-state index contributed by atoms with van der Waals surface area (Å²) in [7, 11) is 3.05. The summed E-state index contributed by atoms with van der Waals surface area (Å²) in [5.74, 6) is -0.721. The van der Waals surface area contributed by atoms with Gasteiger partial charge in [-0.1, -0.05) is 12.8 Å². The molecule has 1 saturated carbocycles. The first-order valence-corrected chi connectivity index (χ1v) is 8.87. The molecule has 0 aromatic heterocycles. The molecule has 132 valence electrons. The minimum Gasteiger partial charge on any atom is -0.493 e. The second-order valence-corrected chi connectivity index (χ2v) is 7.36. The molecule has 0 saturated heterocycles. The van der Waals surface area contributed by atoms with E-state index in [1.54, 1.807) is 12.1 Å².